The molecule has 1 N–H and O–H groups in total. The van der Waals surface area contributed by atoms with E-state index in [0.29, 0.717) is 25.3 Å². The normalized spacial score (nSPS) is 30.3. The molecule has 2 bridgehead atoms. The highest BCUT2D eigenvalue weighted by atomic mass is 16.7. The lowest BCUT2D eigenvalue weighted by molar-refractivity contribution is -0.0443. The van der Waals surface area contributed by atoms with Crippen molar-refractivity contribution in [3.63, 3.8) is 0 Å². The molecular formula is C17H21NO2. The number of hydrogen-bond donors (Lipinski definition) is 1. The summed E-state index contributed by atoms with van der Waals surface area (Å²) in [5.41, 5.74) is 3.97. The smallest absolute Gasteiger partial charge is 0.184 e. The van der Waals surface area contributed by atoms with Gasteiger partial charge >= 0.3 is 0 Å². The molecule has 3 aliphatic heterocycles. The molecule has 106 valence electrons. The monoisotopic (exact) mass is 271 g/mol. The Balaban J connectivity index is 1.69. The van der Waals surface area contributed by atoms with Crippen molar-refractivity contribution in [2.45, 2.75) is 44.1 Å². The number of piperidine rings is 1. The first kappa shape index (κ1) is 12.6. The zero-order chi connectivity index (χ0) is 13.4. The van der Waals surface area contributed by atoms with Crippen LogP contribution in [0.3, 0.4) is 0 Å². The van der Waals surface area contributed by atoms with Gasteiger partial charge in [-0.2, -0.15) is 0 Å². The van der Waals surface area contributed by atoms with Crippen molar-refractivity contribution < 1.29 is 9.47 Å². The number of rotatable bonds is 2. The fourth-order valence-corrected chi connectivity index (χ4v) is 3.66. The average molecular weight is 271 g/mol. The van der Waals surface area contributed by atoms with Crippen molar-refractivity contribution >= 4 is 5.57 Å². The molecule has 2 unspecified atom stereocenters. The molecule has 3 heterocycles. The highest BCUT2D eigenvalue weighted by Crippen LogP contribution is 2.36. The zero-order valence-electron chi connectivity index (χ0n) is 11.7. The van der Waals surface area contributed by atoms with E-state index in [-0.39, 0.29) is 6.29 Å². The first-order valence-electron chi connectivity index (χ1n) is 7.69. The molecular weight excluding hydrogens is 250 g/mol. The van der Waals surface area contributed by atoms with E-state index in [4.69, 9.17) is 9.47 Å². The van der Waals surface area contributed by atoms with Gasteiger partial charge in [-0.05, 0) is 30.4 Å². The van der Waals surface area contributed by atoms with Crippen molar-refractivity contribution in [2.75, 3.05) is 13.2 Å². The number of ether oxygens (including phenoxy) is 2. The second kappa shape index (κ2) is 5.32. The summed E-state index contributed by atoms with van der Waals surface area (Å²) >= 11 is 0. The Hall–Kier alpha value is -1.16. The second-order valence-corrected chi connectivity index (χ2v) is 5.96. The lowest BCUT2D eigenvalue weighted by atomic mass is 9.83. The molecule has 20 heavy (non-hydrogen) atoms. The molecule has 3 heteroatoms. The van der Waals surface area contributed by atoms with Gasteiger partial charge in [0.1, 0.15) is 0 Å². The Labute approximate surface area is 120 Å². The summed E-state index contributed by atoms with van der Waals surface area (Å²) in [6.45, 7) is 1.40. The summed E-state index contributed by atoms with van der Waals surface area (Å²) < 4.78 is 11.4. The van der Waals surface area contributed by atoms with E-state index in [0.717, 1.165) is 6.42 Å². The first-order chi connectivity index (χ1) is 9.90. The SMILES string of the molecule is C1=C(c2ccccc2C2OCCO2)CC2CCCC1N2. The van der Waals surface area contributed by atoms with Gasteiger partial charge in [0.15, 0.2) is 6.29 Å². The van der Waals surface area contributed by atoms with Crippen LogP contribution in [0.5, 0.6) is 0 Å². The van der Waals surface area contributed by atoms with Crippen LogP contribution in [0.4, 0.5) is 0 Å². The highest BCUT2D eigenvalue weighted by molar-refractivity contribution is 5.70. The molecule has 0 aliphatic carbocycles. The van der Waals surface area contributed by atoms with Gasteiger partial charge in [-0.3, -0.25) is 0 Å². The summed E-state index contributed by atoms with van der Waals surface area (Å²) in [4.78, 5) is 0. The van der Waals surface area contributed by atoms with Crippen molar-refractivity contribution in [1.29, 1.82) is 0 Å². The lowest BCUT2D eigenvalue weighted by Gasteiger charge is -2.35. The largest absolute Gasteiger partial charge is 0.346 e. The molecule has 1 aromatic carbocycles. The van der Waals surface area contributed by atoms with Crippen molar-refractivity contribution in [1.82, 2.24) is 5.32 Å². The van der Waals surface area contributed by atoms with Crippen molar-refractivity contribution in [3.8, 4) is 0 Å². The van der Waals surface area contributed by atoms with Gasteiger partial charge in [-0.25, -0.2) is 0 Å². The van der Waals surface area contributed by atoms with E-state index in [1.165, 1.54) is 36.0 Å². The average Bonchev–Trinajstić information content (AvgIpc) is 3.01. The molecule has 3 nitrogen and oxygen atoms in total. The van der Waals surface area contributed by atoms with E-state index < -0.39 is 0 Å². The summed E-state index contributed by atoms with van der Waals surface area (Å²) in [5.74, 6) is 0. The van der Waals surface area contributed by atoms with Crippen LogP contribution in [0.1, 0.15) is 43.1 Å². The fraction of sp³-hybridized carbons (Fsp3) is 0.529. The predicted molar refractivity (Wildman–Crippen MR) is 78.2 cm³/mol. The maximum Gasteiger partial charge on any atom is 0.184 e. The van der Waals surface area contributed by atoms with Gasteiger partial charge in [0, 0.05) is 17.6 Å². The van der Waals surface area contributed by atoms with E-state index in [9.17, 15) is 0 Å². The molecule has 0 saturated carbocycles. The molecule has 1 aromatic rings. The number of hydrogen-bond acceptors (Lipinski definition) is 3. The van der Waals surface area contributed by atoms with Gasteiger partial charge < -0.3 is 14.8 Å². The van der Waals surface area contributed by atoms with Gasteiger partial charge in [0.25, 0.3) is 0 Å². The van der Waals surface area contributed by atoms with Crippen LogP contribution in [0.25, 0.3) is 5.57 Å². The van der Waals surface area contributed by atoms with Crippen LogP contribution in [0.2, 0.25) is 0 Å². The minimum Gasteiger partial charge on any atom is -0.346 e. The quantitative estimate of drug-likeness (QED) is 0.897. The minimum atomic E-state index is -0.179. The minimum absolute atomic E-state index is 0.179. The zero-order valence-corrected chi connectivity index (χ0v) is 11.7. The number of nitrogens with one attached hydrogen (secondary N) is 1. The van der Waals surface area contributed by atoms with Crippen molar-refractivity contribution in [2.24, 2.45) is 0 Å². The third-order valence-electron chi connectivity index (χ3n) is 4.57. The highest BCUT2D eigenvalue weighted by Gasteiger charge is 2.28. The Bertz CT molecular complexity index is 519. The second-order valence-electron chi connectivity index (χ2n) is 5.96. The third kappa shape index (κ3) is 2.30. The molecule has 4 rings (SSSR count). The van der Waals surface area contributed by atoms with Crippen LogP contribution in [-0.4, -0.2) is 25.3 Å². The molecule has 0 amide bonds. The van der Waals surface area contributed by atoms with Crippen molar-refractivity contribution in [3.05, 3.63) is 41.5 Å². The molecule has 2 atom stereocenters. The van der Waals surface area contributed by atoms with Crippen LogP contribution < -0.4 is 5.32 Å². The van der Waals surface area contributed by atoms with E-state index >= 15 is 0 Å². The maximum atomic E-state index is 5.70. The fourth-order valence-electron chi connectivity index (χ4n) is 3.66. The summed E-state index contributed by atoms with van der Waals surface area (Å²) in [6.07, 6.45) is 7.28. The van der Waals surface area contributed by atoms with Gasteiger partial charge in [-0.1, -0.05) is 36.8 Å². The Kier molecular flexibility index (Phi) is 3.34. The van der Waals surface area contributed by atoms with E-state index in [1.54, 1.807) is 0 Å². The van der Waals surface area contributed by atoms with Gasteiger partial charge in [0.05, 0.1) is 13.2 Å². The Morgan fingerprint density at radius 3 is 2.75 bits per heavy atom. The van der Waals surface area contributed by atoms with Crippen LogP contribution in [-0.2, 0) is 9.47 Å². The molecule has 2 fully saturated rings. The molecule has 0 radical (unpaired) electrons. The van der Waals surface area contributed by atoms with Crippen LogP contribution in [0, 0.1) is 0 Å². The summed E-state index contributed by atoms with van der Waals surface area (Å²) in [6, 6.07) is 9.75. The molecule has 2 saturated heterocycles. The Morgan fingerprint density at radius 1 is 1.05 bits per heavy atom. The van der Waals surface area contributed by atoms with Crippen LogP contribution in [0.15, 0.2) is 30.3 Å². The summed E-state index contributed by atoms with van der Waals surface area (Å²) in [5, 5.41) is 3.70. The first-order valence-corrected chi connectivity index (χ1v) is 7.69. The molecule has 0 aromatic heterocycles. The predicted octanol–water partition coefficient (Wildman–Crippen LogP) is 3.03. The van der Waals surface area contributed by atoms with E-state index in [1.807, 2.05) is 0 Å². The van der Waals surface area contributed by atoms with E-state index in [2.05, 4.69) is 35.7 Å². The number of benzene rings is 1. The third-order valence-corrected chi connectivity index (χ3v) is 4.57. The molecule has 0 spiro atoms. The Morgan fingerprint density at radius 2 is 1.90 bits per heavy atom. The van der Waals surface area contributed by atoms with Gasteiger partial charge in [-0.15, -0.1) is 0 Å². The van der Waals surface area contributed by atoms with Crippen LogP contribution >= 0.6 is 0 Å². The number of fused-ring (bicyclic) bond motifs is 2. The topological polar surface area (TPSA) is 30.5 Å². The lowest BCUT2D eigenvalue weighted by Crippen LogP contribution is -2.44. The summed E-state index contributed by atoms with van der Waals surface area (Å²) in [7, 11) is 0. The standard InChI is InChI=1S/C17H21NO2/c1-2-7-16(17-19-8-9-20-17)15(6-1)12-10-13-4-3-5-14(11-12)18-13/h1-2,6-7,10,13-14,17-18H,3-5,8-9,11H2. The maximum absolute atomic E-state index is 5.70. The molecule has 3 aliphatic rings. The van der Waals surface area contributed by atoms with Gasteiger partial charge in [0.2, 0.25) is 0 Å².